The lowest BCUT2D eigenvalue weighted by atomic mass is 9.60. The normalized spacial score (nSPS) is 40.4. The Morgan fingerprint density at radius 2 is 1.94 bits per heavy atom. The van der Waals surface area contributed by atoms with Crippen molar-refractivity contribution in [3.8, 4) is 0 Å². The van der Waals surface area contributed by atoms with Crippen LogP contribution in [0, 0.1) is 29.1 Å². The molecular formula is C28H46O3. The van der Waals surface area contributed by atoms with Gasteiger partial charge >= 0.3 is 0 Å². The second-order valence-electron chi connectivity index (χ2n) is 11.8. The summed E-state index contributed by atoms with van der Waals surface area (Å²) in [5.41, 5.74) is 3.15. The number of rotatable bonds is 6. The van der Waals surface area contributed by atoms with Crippen LogP contribution in [0.5, 0.6) is 0 Å². The molecule has 0 aliphatic heterocycles. The highest BCUT2D eigenvalue weighted by atomic mass is 16.3. The minimum absolute atomic E-state index is 0.149. The third-order valence-electron chi connectivity index (χ3n) is 8.97. The van der Waals surface area contributed by atoms with Crippen LogP contribution in [0.15, 0.2) is 35.5 Å². The number of fused-ring (bicyclic) bond motifs is 1. The molecule has 0 spiro atoms. The molecule has 3 saturated carbocycles. The summed E-state index contributed by atoms with van der Waals surface area (Å²) < 4.78 is 0. The van der Waals surface area contributed by atoms with E-state index >= 15 is 0 Å². The highest BCUT2D eigenvalue weighted by molar-refractivity contribution is 5.39. The first-order chi connectivity index (χ1) is 14.4. The van der Waals surface area contributed by atoms with Gasteiger partial charge in [0.2, 0.25) is 0 Å². The molecule has 3 nitrogen and oxygen atoms in total. The third kappa shape index (κ3) is 5.37. The van der Waals surface area contributed by atoms with Crippen LogP contribution in [0.2, 0.25) is 0 Å². The van der Waals surface area contributed by atoms with Gasteiger partial charge in [0.15, 0.2) is 0 Å². The molecule has 3 rings (SSSR count). The molecule has 0 radical (unpaired) electrons. The maximum atomic E-state index is 10.4. The van der Waals surface area contributed by atoms with Crippen molar-refractivity contribution >= 4 is 0 Å². The first-order valence-electron chi connectivity index (χ1n) is 12.6. The SMILES string of the molecule is C=C1C(=CC=C2CCC[C@]3(C)[C@@H]([C@H](C)CCCC(C)(C)O)CC[C@@H]23)C[C@H](O)[C@H](C)[C@H]1O. The molecule has 3 aliphatic carbocycles. The summed E-state index contributed by atoms with van der Waals surface area (Å²) in [5.74, 6) is 1.94. The predicted molar refractivity (Wildman–Crippen MR) is 129 cm³/mol. The fourth-order valence-corrected chi connectivity index (χ4v) is 6.91. The van der Waals surface area contributed by atoms with Gasteiger partial charge in [0.1, 0.15) is 0 Å². The lowest BCUT2D eigenvalue weighted by molar-refractivity contribution is 0.0283. The van der Waals surface area contributed by atoms with E-state index in [1.165, 1.54) is 32.1 Å². The van der Waals surface area contributed by atoms with Crippen molar-refractivity contribution in [1.82, 2.24) is 0 Å². The maximum absolute atomic E-state index is 10.4. The zero-order chi connectivity index (χ0) is 23.0. The summed E-state index contributed by atoms with van der Waals surface area (Å²) in [6.07, 6.45) is 13.4. The molecule has 7 atom stereocenters. The van der Waals surface area contributed by atoms with Crippen molar-refractivity contribution in [3.05, 3.63) is 35.5 Å². The average molecular weight is 431 g/mol. The second kappa shape index (κ2) is 9.53. The van der Waals surface area contributed by atoms with Crippen molar-refractivity contribution < 1.29 is 15.3 Å². The molecule has 0 bridgehead atoms. The molecular weight excluding hydrogens is 384 g/mol. The van der Waals surface area contributed by atoms with Crippen LogP contribution in [0.3, 0.4) is 0 Å². The van der Waals surface area contributed by atoms with E-state index in [0.717, 1.165) is 36.3 Å². The first-order valence-corrected chi connectivity index (χ1v) is 12.6. The van der Waals surface area contributed by atoms with E-state index in [-0.39, 0.29) is 5.92 Å². The number of aliphatic hydroxyl groups excluding tert-OH is 2. The van der Waals surface area contributed by atoms with Crippen LogP contribution >= 0.6 is 0 Å². The number of hydrogen-bond acceptors (Lipinski definition) is 3. The van der Waals surface area contributed by atoms with Gasteiger partial charge in [-0.1, -0.05) is 57.9 Å². The van der Waals surface area contributed by atoms with E-state index in [2.05, 4.69) is 32.6 Å². The molecule has 0 heterocycles. The minimum atomic E-state index is -0.648. The Hall–Kier alpha value is -0.900. The Kier molecular flexibility index (Phi) is 7.61. The summed E-state index contributed by atoms with van der Waals surface area (Å²) in [7, 11) is 0. The van der Waals surface area contributed by atoms with Gasteiger partial charge < -0.3 is 15.3 Å². The van der Waals surface area contributed by atoms with E-state index in [1.54, 1.807) is 5.57 Å². The van der Waals surface area contributed by atoms with Crippen molar-refractivity contribution in [2.75, 3.05) is 0 Å². The Morgan fingerprint density at radius 1 is 1.23 bits per heavy atom. The highest BCUT2D eigenvalue weighted by Gasteiger charge is 2.50. The average Bonchev–Trinajstić information content (AvgIpc) is 3.04. The highest BCUT2D eigenvalue weighted by Crippen LogP contribution is 2.60. The zero-order valence-corrected chi connectivity index (χ0v) is 20.5. The monoisotopic (exact) mass is 430 g/mol. The van der Waals surface area contributed by atoms with Gasteiger partial charge in [0.05, 0.1) is 17.8 Å². The molecule has 3 N–H and O–H groups in total. The van der Waals surface area contributed by atoms with Gasteiger partial charge in [0.25, 0.3) is 0 Å². The first kappa shape index (κ1) is 24.7. The van der Waals surface area contributed by atoms with E-state index in [4.69, 9.17) is 0 Å². The van der Waals surface area contributed by atoms with E-state index in [1.807, 2.05) is 20.8 Å². The fourth-order valence-electron chi connectivity index (χ4n) is 6.91. The molecule has 31 heavy (non-hydrogen) atoms. The van der Waals surface area contributed by atoms with E-state index in [0.29, 0.717) is 23.7 Å². The molecule has 0 saturated heterocycles. The molecule has 0 aromatic heterocycles. The van der Waals surface area contributed by atoms with Gasteiger partial charge in [-0.05, 0) is 93.1 Å². The van der Waals surface area contributed by atoms with Gasteiger partial charge in [-0.2, -0.15) is 0 Å². The van der Waals surface area contributed by atoms with Gasteiger partial charge in [0, 0.05) is 5.92 Å². The molecule has 0 amide bonds. The Morgan fingerprint density at radius 3 is 2.61 bits per heavy atom. The minimum Gasteiger partial charge on any atom is -0.392 e. The van der Waals surface area contributed by atoms with Gasteiger partial charge in [-0.25, -0.2) is 0 Å². The lowest BCUT2D eigenvalue weighted by Gasteiger charge is -2.44. The third-order valence-corrected chi connectivity index (χ3v) is 8.97. The molecule has 0 unspecified atom stereocenters. The quantitative estimate of drug-likeness (QED) is 0.488. The Bertz CT molecular complexity index is 712. The Labute approximate surface area is 190 Å². The van der Waals surface area contributed by atoms with E-state index in [9.17, 15) is 15.3 Å². The largest absolute Gasteiger partial charge is 0.392 e. The molecule has 3 aliphatic rings. The summed E-state index contributed by atoms with van der Waals surface area (Å²) >= 11 is 0. The van der Waals surface area contributed by atoms with Crippen molar-refractivity contribution in [1.29, 1.82) is 0 Å². The standard InChI is InChI=1S/C28H46O3/c1-18(9-7-15-27(4,5)31)23-13-14-24-21(10-8-16-28(23,24)6)11-12-22-17-25(29)20(3)26(30)19(22)2/h11-12,18,20,23-26,29-31H,2,7-10,13-17H2,1,3-6H3/t18-,20+,23-,24+,25+,26+,28-/m1/s1. The van der Waals surface area contributed by atoms with Gasteiger partial charge in [-0.3, -0.25) is 0 Å². The lowest BCUT2D eigenvalue weighted by Crippen LogP contribution is -2.36. The van der Waals surface area contributed by atoms with Crippen LogP contribution in [0.1, 0.15) is 92.4 Å². The van der Waals surface area contributed by atoms with Crippen LogP contribution in [0.4, 0.5) is 0 Å². The summed E-state index contributed by atoms with van der Waals surface area (Å²) in [4.78, 5) is 0. The zero-order valence-electron chi connectivity index (χ0n) is 20.5. The maximum Gasteiger partial charge on any atom is 0.0837 e. The predicted octanol–water partition coefficient (Wildman–Crippen LogP) is 5.95. The summed E-state index contributed by atoms with van der Waals surface area (Å²) in [6.45, 7) is 14.8. The van der Waals surface area contributed by atoms with Crippen LogP contribution in [-0.4, -0.2) is 33.1 Å². The fraction of sp³-hybridized carbons (Fsp3) is 0.786. The molecule has 0 aromatic rings. The smallest absolute Gasteiger partial charge is 0.0837 e. The van der Waals surface area contributed by atoms with Crippen molar-refractivity contribution in [2.45, 2.75) is 110 Å². The molecule has 176 valence electrons. The van der Waals surface area contributed by atoms with Crippen molar-refractivity contribution in [2.24, 2.45) is 29.1 Å². The summed E-state index contributed by atoms with van der Waals surface area (Å²) in [5, 5.41) is 30.7. The van der Waals surface area contributed by atoms with E-state index < -0.39 is 17.8 Å². The van der Waals surface area contributed by atoms with Crippen LogP contribution < -0.4 is 0 Å². The van der Waals surface area contributed by atoms with Crippen molar-refractivity contribution in [3.63, 3.8) is 0 Å². The number of aliphatic hydroxyl groups is 3. The summed E-state index contributed by atoms with van der Waals surface area (Å²) in [6, 6.07) is 0. The molecule has 3 fully saturated rings. The van der Waals surface area contributed by atoms with Crippen LogP contribution in [-0.2, 0) is 0 Å². The molecule has 3 heteroatoms. The Balaban J connectivity index is 1.71. The molecule has 0 aromatic carbocycles. The topological polar surface area (TPSA) is 60.7 Å². The van der Waals surface area contributed by atoms with Crippen LogP contribution in [0.25, 0.3) is 0 Å². The number of allylic oxidation sites excluding steroid dienone is 3. The number of hydrogen-bond donors (Lipinski definition) is 3. The second-order valence-corrected chi connectivity index (χ2v) is 11.8. The van der Waals surface area contributed by atoms with Gasteiger partial charge in [-0.15, -0.1) is 0 Å².